The van der Waals surface area contributed by atoms with Gasteiger partial charge in [-0.3, -0.25) is 0 Å². The first-order valence-electron chi connectivity index (χ1n) is 8.55. The predicted octanol–water partition coefficient (Wildman–Crippen LogP) is 3.37. The molecule has 0 fully saturated rings. The van der Waals surface area contributed by atoms with Crippen molar-refractivity contribution < 1.29 is 23.8 Å². The lowest BCUT2D eigenvalue weighted by Gasteiger charge is -2.22. The van der Waals surface area contributed by atoms with Crippen molar-refractivity contribution in [3.8, 4) is 5.75 Å². The summed E-state index contributed by atoms with van der Waals surface area (Å²) in [5.41, 5.74) is 8.36. The van der Waals surface area contributed by atoms with Crippen LogP contribution in [0.4, 0.5) is 4.79 Å². The Kier molecular flexibility index (Phi) is 8.95. The fourth-order valence-electron chi connectivity index (χ4n) is 2.11. The van der Waals surface area contributed by atoms with Crippen molar-refractivity contribution in [3.05, 3.63) is 40.3 Å². The molecule has 0 aromatic heterocycles. The molecule has 27 heavy (non-hydrogen) atoms. The second kappa shape index (κ2) is 10.9. The summed E-state index contributed by atoms with van der Waals surface area (Å²) in [5, 5.41) is 5.97. The van der Waals surface area contributed by atoms with Crippen molar-refractivity contribution in [3.63, 3.8) is 0 Å². The van der Waals surface area contributed by atoms with Gasteiger partial charge in [0.1, 0.15) is 17.4 Å². The summed E-state index contributed by atoms with van der Waals surface area (Å²) in [5.74, 6) is 0.105. The van der Waals surface area contributed by atoms with Crippen molar-refractivity contribution in [1.82, 2.24) is 5.32 Å². The highest BCUT2D eigenvalue weighted by atomic mass is 16.6. The number of esters is 1. The van der Waals surface area contributed by atoms with Gasteiger partial charge in [-0.15, -0.1) is 0 Å². The third-order valence-corrected chi connectivity index (χ3v) is 3.27. The Bertz CT molecular complexity index is 663. The lowest BCUT2D eigenvalue weighted by atomic mass is 10.1. The fourth-order valence-corrected chi connectivity index (χ4v) is 2.11. The van der Waals surface area contributed by atoms with Crippen LogP contribution < -0.4 is 10.1 Å². The number of ether oxygens (including phenoxy) is 3. The van der Waals surface area contributed by atoms with Crippen molar-refractivity contribution in [2.75, 3.05) is 20.3 Å². The molecule has 9 heteroatoms. The number of alkyl carbamates (subject to hydrolysis) is 1. The standard InChI is InChI=1S/C18H26N4O5/c1-18(2,3)27-17(24)21-15(16(23)25-4)12-13-6-8-14(9-7-13)26-11-5-10-20-22-19/h6-9,15H,5,10-12H2,1-4H3,(H,21,24). The number of carbonyl (C=O) groups excluding carboxylic acids is 2. The SMILES string of the molecule is COC(=O)C(Cc1ccc(OCCCN=[N+]=[N-])cc1)NC(=O)OC(C)(C)C. The lowest BCUT2D eigenvalue weighted by Crippen LogP contribution is -2.45. The van der Waals surface area contributed by atoms with E-state index in [1.165, 1.54) is 7.11 Å². The molecule has 1 unspecified atom stereocenters. The van der Waals surface area contributed by atoms with Gasteiger partial charge in [-0.1, -0.05) is 17.2 Å². The summed E-state index contributed by atoms with van der Waals surface area (Å²) in [6.07, 6.45) is 0.192. The average molecular weight is 378 g/mol. The van der Waals surface area contributed by atoms with Gasteiger partial charge in [0.05, 0.1) is 13.7 Å². The number of amides is 1. The van der Waals surface area contributed by atoms with Gasteiger partial charge in [0.2, 0.25) is 0 Å². The van der Waals surface area contributed by atoms with Crippen LogP contribution >= 0.6 is 0 Å². The number of benzene rings is 1. The second-order valence-electron chi connectivity index (χ2n) is 6.73. The largest absolute Gasteiger partial charge is 0.494 e. The Balaban J connectivity index is 2.63. The maximum atomic E-state index is 12.0. The van der Waals surface area contributed by atoms with Crippen molar-refractivity contribution in [1.29, 1.82) is 0 Å². The van der Waals surface area contributed by atoms with E-state index in [-0.39, 0.29) is 6.42 Å². The van der Waals surface area contributed by atoms with Crippen molar-refractivity contribution >= 4 is 12.1 Å². The van der Waals surface area contributed by atoms with E-state index < -0.39 is 23.7 Å². The quantitative estimate of drug-likeness (QED) is 0.232. The molecule has 1 amide bonds. The smallest absolute Gasteiger partial charge is 0.408 e. The van der Waals surface area contributed by atoms with Crippen LogP contribution in [0.1, 0.15) is 32.8 Å². The summed E-state index contributed by atoms with van der Waals surface area (Å²) >= 11 is 0. The normalized spacial score (nSPS) is 11.7. The molecule has 0 aliphatic heterocycles. The van der Waals surface area contributed by atoms with Gasteiger partial charge >= 0.3 is 12.1 Å². The molecule has 0 bridgehead atoms. The Morgan fingerprint density at radius 3 is 2.48 bits per heavy atom. The van der Waals surface area contributed by atoms with E-state index in [0.717, 1.165) is 5.56 Å². The maximum absolute atomic E-state index is 12.0. The van der Waals surface area contributed by atoms with E-state index in [0.29, 0.717) is 25.3 Å². The van der Waals surface area contributed by atoms with Gasteiger partial charge in [-0.05, 0) is 50.4 Å². The number of hydrogen-bond acceptors (Lipinski definition) is 6. The summed E-state index contributed by atoms with van der Waals surface area (Å²) in [6, 6.07) is 6.28. The Morgan fingerprint density at radius 2 is 1.93 bits per heavy atom. The molecule has 1 aromatic rings. The zero-order chi connectivity index (χ0) is 20.3. The Morgan fingerprint density at radius 1 is 1.26 bits per heavy atom. The van der Waals surface area contributed by atoms with Gasteiger partial charge in [-0.25, -0.2) is 9.59 Å². The Labute approximate surface area is 158 Å². The first kappa shape index (κ1) is 22.1. The molecular weight excluding hydrogens is 352 g/mol. The van der Waals surface area contributed by atoms with Gasteiger partial charge in [-0.2, -0.15) is 0 Å². The Hall–Kier alpha value is -2.93. The molecule has 0 spiro atoms. The van der Waals surface area contributed by atoms with Crippen molar-refractivity contribution in [2.24, 2.45) is 5.11 Å². The van der Waals surface area contributed by atoms with Gasteiger partial charge in [0, 0.05) is 17.9 Å². The van der Waals surface area contributed by atoms with E-state index in [9.17, 15) is 9.59 Å². The molecule has 1 atom stereocenters. The van der Waals surface area contributed by atoms with Crippen LogP contribution in [-0.4, -0.2) is 44.0 Å². The second-order valence-corrected chi connectivity index (χ2v) is 6.73. The minimum atomic E-state index is -0.861. The van der Waals surface area contributed by atoms with Crippen LogP contribution in [0.15, 0.2) is 29.4 Å². The molecule has 148 valence electrons. The molecule has 1 N–H and O–H groups in total. The monoisotopic (exact) mass is 378 g/mol. The van der Waals surface area contributed by atoms with Gasteiger partial charge in [0.15, 0.2) is 0 Å². The van der Waals surface area contributed by atoms with E-state index in [2.05, 4.69) is 15.3 Å². The zero-order valence-corrected chi connectivity index (χ0v) is 16.1. The number of azide groups is 1. The summed E-state index contributed by atoms with van der Waals surface area (Å²) in [7, 11) is 1.26. The van der Waals surface area contributed by atoms with Crippen LogP contribution in [0.25, 0.3) is 10.4 Å². The summed E-state index contributed by atoms with van der Waals surface area (Å²) < 4.78 is 15.5. The molecule has 0 aliphatic carbocycles. The number of methoxy groups -OCH3 is 1. The van der Waals surface area contributed by atoms with E-state index >= 15 is 0 Å². The number of carbonyl (C=O) groups is 2. The summed E-state index contributed by atoms with van der Waals surface area (Å²) in [6.45, 7) is 6.04. The fraction of sp³-hybridized carbons (Fsp3) is 0.556. The molecule has 0 saturated carbocycles. The molecule has 0 radical (unpaired) electrons. The highest BCUT2D eigenvalue weighted by Gasteiger charge is 2.25. The molecule has 0 saturated heterocycles. The number of rotatable bonds is 9. The first-order valence-corrected chi connectivity index (χ1v) is 8.55. The molecular formula is C18H26N4O5. The lowest BCUT2D eigenvalue weighted by molar-refractivity contribution is -0.143. The maximum Gasteiger partial charge on any atom is 0.408 e. The third-order valence-electron chi connectivity index (χ3n) is 3.27. The molecule has 0 heterocycles. The minimum Gasteiger partial charge on any atom is -0.494 e. The predicted molar refractivity (Wildman–Crippen MR) is 99.4 cm³/mol. The highest BCUT2D eigenvalue weighted by molar-refractivity contribution is 5.81. The first-order chi connectivity index (χ1) is 12.7. The van der Waals surface area contributed by atoms with Crippen LogP contribution in [0, 0.1) is 0 Å². The van der Waals surface area contributed by atoms with E-state index in [1.54, 1.807) is 45.0 Å². The highest BCUT2D eigenvalue weighted by Crippen LogP contribution is 2.15. The summed E-state index contributed by atoms with van der Waals surface area (Å²) in [4.78, 5) is 26.6. The molecule has 9 nitrogen and oxygen atoms in total. The van der Waals surface area contributed by atoms with E-state index in [1.807, 2.05) is 0 Å². The molecule has 1 aromatic carbocycles. The van der Waals surface area contributed by atoms with Crippen LogP contribution in [-0.2, 0) is 20.7 Å². The van der Waals surface area contributed by atoms with Crippen LogP contribution in [0.2, 0.25) is 0 Å². The van der Waals surface area contributed by atoms with Crippen LogP contribution in [0.5, 0.6) is 5.75 Å². The number of nitrogens with zero attached hydrogens (tertiary/aromatic N) is 3. The average Bonchev–Trinajstić information content (AvgIpc) is 2.60. The van der Waals surface area contributed by atoms with E-state index in [4.69, 9.17) is 19.7 Å². The minimum absolute atomic E-state index is 0.253. The van der Waals surface area contributed by atoms with Crippen LogP contribution in [0.3, 0.4) is 0 Å². The molecule has 0 aliphatic rings. The van der Waals surface area contributed by atoms with Crippen molar-refractivity contribution in [2.45, 2.75) is 45.3 Å². The van der Waals surface area contributed by atoms with Gasteiger partial charge in [0.25, 0.3) is 0 Å². The molecule has 1 rings (SSSR count). The topological polar surface area (TPSA) is 123 Å². The number of hydrogen-bond donors (Lipinski definition) is 1. The van der Waals surface area contributed by atoms with Gasteiger partial charge < -0.3 is 19.5 Å². The number of nitrogens with one attached hydrogen (secondary N) is 1. The zero-order valence-electron chi connectivity index (χ0n) is 16.1. The third kappa shape index (κ3) is 9.37.